The number of nitrogens with one attached hydrogen (secondary N) is 1. The number of nitrogens with zero attached hydrogens (tertiary/aromatic N) is 1. The van der Waals surface area contributed by atoms with E-state index in [4.69, 9.17) is 0 Å². The van der Waals surface area contributed by atoms with Crippen LogP contribution in [0, 0.1) is 10.5 Å². The summed E-state index contributed by atoms with van der Waals surface area (Å²) < 4.78 is 26.9. The zero-order valence-electron chi connectivity index (χ0n) is 16.1. The van der Waals surface area contributed by atoms with Gasteiger partial charge in [0.25, 0.3) is 5.91 Å². The predicted octanol–water partition coefficient (Wildman–Crippen LogP) is 4.82. The summed E-state index contributed by atoms with van der Waals surface area (Å²) in [6, 6.07) is 21.7. The Labute approximate surface area is 184 Å². The van der Waals surface area contributed by atoms with Gasteiger partial charge >= 0.3 is 0 Å². The average molecular weight is 520 g/mol. The van der Waals surface area contributed by atoms with E-state index in [1.807, 2.05) is 31.2 Å². The summed E-state index contributed by atoms with van der Waals surface area (Å²) in [5.74, 6) is -0.205. The normalized spacial score (nSPS) is 11.1. The first-order chi connectivity index (χ1) is 13.7. The number of rotatable bonds is 6. The third-order valence-electron chi connectivity index (χ3n) is 4.42. The standard InChI is InChI=1S/C22H21IN2O3S/c1-16-14-19(23)12-13-21(16)24-22(26)18-10-8-17(9-11-18)15-25(29(2,27)28)20-6-4-3-5-7-20/h3-14H,15H2,1-2H3,(H,24,26). The molecule has 1 amide bonds. The van der Waals surface area contributed by atoms with Crippen LogP contribution < -0.4 is 9.62 Å². The Morgan fingerprint density at radius 3 is 2.24 bits per heavy atom. The van der Waals surface area contributed by atoms with Gasteiger partial charge in [0.2, 0.25) is 10.0 Å². The third kappa shape index (κ3) is 5.57. The number of hydrogen-bond donors (Lipinski definition) is 1. The highest BCUT2D eigenvalue weighted by Gasteiger charge is 2.18. The summed E-state index contributed by atoms with van der Waals surface area (Å²) in [6.45, 7) is 2.14. The van der Waals surface area contributed by atoms with Crippen molar-refractivity contribution in [3.63, 3.8) is 0 Å². The van der Waals surface area contributed by atoms with Gasteiger partial charge in [0.15, 0.2) is 0 Å². The van der Waals surface area contributed by atoms with Crippen molar-refractivity contribution in [2.24, 2.45) is 0 Å². The van der Waals surface area contributed by atoms with Crippen molar-refractivity contribution in [3.8, 4) is 0 Å². The van der Waals surface area contributed by atoms with E-state index in [0.717, 1.165) is 20.4 Å². The molecule has 3 rings (SSSR count). The Morgan fingerprint density at radius 1 is 1.00 bits per heavy atom. The zero-order chi connectivity index (χ0) is 21.0. The quantitative estimate of drug-likeness (QED) is 0.475. The lowest BCUT2D eigenvalue weighted by atomic mass is 10.1. The summed E-state index contributed by atoms with van der Waals surface area (Å²) in [7, 11) is -3.44. The van der Waals surface area contributed by atoms with Crippen LogP contribution in [0.4, 0.5) is 11.4 Å². The molecule has 5 nitrogen and oxygen atoms in total. The Morgan fingerprint density at radius 2 is 1.66 bits per heavy atom. The van der Waals surface area contributed by atoms with Crippen molar-refractivity contribution in [3.05, 3.63) is 93.1 Å². The summed E-state index contributed by atoms with van der Waals surface area (Å²) in [4.78, 5) is 12.5. The Hall–Kier alpha value is -2.39. The van der Waals surface area contributed by atoms with Crippen molar-refractivity contribution in [1.82, 2.24) is 0 Å². The van der Waals surface area contributed by atoms with Gasteiger partial charge in [0.05, 0.1) is 18.5 Å². The fourth-order valence-corrected chi connectivity index (χ4v) is 4.42. The summed E-state index contributed by atoms with van der Waals surface area (Å²) in [6.07, 6.45) is 1.19. The van der Waals surface area contributed by atoms with Gasteiger partial charge in [-0.1, -0.05) is 30.3 Å². The maximum Gasteiger partial charge on any atom is 0.255 e. The molecule has 0 heterocycles. The van der Waals surface area contributed by atoms with Crippen LogP contribution in [0.15, 0.2) is 72.8 Å². The van der Waals surface area contributed by atoms with Crippen molar-refractivity contribution in [2.75, 3.05) is 15.9 Å². The Kier molecular flexibility index (Phi) is 6.59. The molecule has 29 heavy (non-hydrogen) atoms. The number of amides is 1. The largest absolute Gasteiger partial charge is 0.322 e. The van der Waals surface area contributed by atoms with E-state index in [9.17, 15) is 13.2 Å². The average Bonchev–Trinajstić information content (AvgIpc) is 2.68. The van der Waals surface area contributed by atoms with Crippen molar-refractivity contribution >= 4 is 49.9 Å². The van der Waals surface area contributed by atoms with Gasteiger partial charge in [-0.05, 0) is 83.1 Å². The van der Waals surface area contributed by atoms with Crippen molar-refractivity contribution in [1.29, 1.82) is 0 Å². The number of carbonyl (C=O) groups is 1. The molecular weight excluding hydrogens is 499 g/mol. The molecule has 0 fully saturated rings. The molecule has 0 bridgehead atoms. The van der Waals surface area contributed by atoms with Crippen LogP contribution in [0.25, 0.3) is 0 Å². The minimum Gasteiger partial charge on any atom is -0.322 e. The monoisotopic (exact) mass is 520 g/mol. The molecule has 0 spiro atoms. The third-order valence-corrected chi connectivity index (χ3v) is 6.24. The maximum absolute atomic E-state index is 12.5. The van der Waals surface area contributed by atoms with E-state index in [1.54, 1.807) is 48.5 Å². The number of benzene rings is 3. The molecule has 0 radical (unpaired) electrons. The molecule has 0 saturated carbocycles. The minimum absolute atomic E-state index is 0.195. The van der Waals surface area contributed by atoms with E-state index >= 15 is 0 Å². The minimum atomic E-state index is -3.44. The zero-order valence-corrected chi connectivity index (χ0v) is 19.1. The second-order valence-electron chi connectivity index (χ2n) is 6.72. The molecule has 0 aliphatic rings. The molecule has 150 valence electrons. The van der Waals surface area contributed by atoms with Crippen LogP contribution in [0.1, 0.15) is 21.5 Å². The number of carbonyl (C=O) groups excluding carboxylic acids is 1. The summed E-state index contributed by atoms with van der Waals surface area (Å²) >= 11 is 2.23. The Balaban J connectivity index is 1.76. The van der Waals surface area contributed by atoms with Gasteiger partial charge in [0, 0.05) is 14.8 Å². The molecule has 0 aromatic heterocycles. The first-order valence-corrected chi connectivity index (χ1v) is 11.9. The van der Waals surface area contributed by atoms with Crippen LogP contribution in [0.5, 0.6) is 0 Å². The topological polar surface area (TPSA) is 66.5 Å². The number of hydrogen-bond acceptors (Lipinski definition) is 3. The first kappa shape index (κ1) is 21.3. The lowest BCUT2D eigenvalue weighted by Gasteiger charge is -2.22. The Bertz CT molecular complexity index is 1110. The molecule has 7 heteroatoms. The van der Waals surface area contributed by atoms with Gasteiger partial charge < -0.3 is 5.32 Å². The number of para-hydroxylation sites is 1. The number of anilines is 2. The van der Waals surface area contributed by atoms with Crippen LogP contribution in [-0.2, 0) is 16.6 Å². The van der Waals surface area contributed by atoms with Gasteiger partial charge in [-0.15, -0.1) is 0 Å². The second kappa shape index (κ2) is 8.96. The SMILES string of the molecule is Cc1cc(I)ccc1NC(=O)c1ccc(CN(c2ccccc2)S(C)(=O)=O)cc1. The van der Waals surface area contributed by atoms with Gasteiger partial charge in [-0.3, -0.25) is 9.10 Å². The fraction of sp³-hybridized carbons (Fsp3) is 0.136. The molecule has 3 aromatic carbocycles. The lowest BCUT2D eigenvalue weighted by Crippen LogP contribution is -2.29. The van der Waals surface area contributed by atoms with E-state index in [-0.39, 0.29) is 12.5 Å². The highest BCUT2D eigenvalue weighted by atomic mass is 127. The van der Waals surface area contributed by atoms with E-state index in [1.165, 1.54) is 10.6 Å². The fourth-order valence-electron chi connectivity index (χ4n) is 2.88. The predicted molar refractivity (Wildman–Crippen MR) is 126 cm³/mol. The number of sulfonamides is 1. The number of aryl methyl sites for hydroxylation is 1. The van der Waals surface area contributed by atoms with E-state index in [2.05, 4.69) is 27.9 Å². The highest BCUT2D eigenvalue weighted by molar-refractivity contribution is 14.1. The number of halogens is 1. The van der Waals surface area contributed by atoms with E-state index in [0.29, 0.717) is 11.3 Å². The lowest BCUT2D eigenvalue weighted by molar-refractivity contribution is 0.102. The first-order valence-electron chi connectivity index (χ1n) is 8.93. The molecule has 0 saturated heterocycles. The molecule has 0 atom stereocenters. The smallest absolute Gasteiger partial charge is 0.255 e. The molecule has 3 aromatic rings. The van der Waals surface area contributed by atoms with Crippen LogP contribution in [-0.4, -0.2) is 20.6 Å². The summed E-state index contributed by atoms with van der Waals surface area (Å²) in [5.41, 5.74) is 3.67. The van der Waals surface area contributed by atoms with E-state index < -0.39 is 10.0 Å². The van der Waals surface area contributed by atoms with Crippen LogP contribution >= 0.6 is 22.6 Å². The molecule has 1 N–H and O–H groups in total. The highest BCUT2D eigenvalue weighted by Crippen LogP contribution is 2.21. The second-order valence-corrected chi connectivity index (χ2v) is 9.87. The summed E-state index contributed by atoms with van der Waals surface area (Å²) in [5, 5.41) is 2.92. The maximum atomic E-state index is 12.5. The van der Waals surface area contributed by atoms with Gasteiger partial charge in [-0.2, -0.15) is 0 Å². The van der Waals surface area contributed by atoms with Gasteiger partial charge in [-0.25, -0.2) is 8.42 Å². The van der Waals surface area contributed by atoms with Crippen molar-refractivity contribution < 1.29 is 13.2 Å². The van der Waals surface area contributed by atoms with Crippen molar-refractivity contribution in [2.45, 2.75) is 13.5 Å². The molecule has 0 unspecified atom stereocenters. The molecular formula is C22H21IN2O3S. The van der Waals surface area contributed by atoms with Crippen LogP contribution in [0.3, 0.4) is 0 Å². The van der Waals surface area contributed by atoms with Gasteiger partial charge in [0.1, 0.15) is 0 Å². The molecule has 0 aliphatic heterocycles. The van der Waals surface area contributed by atoms with Crippen LogP contribution in [0.2, 0.25) is 0 Å². The molecule has 0 aliphatic carbocycles.